The van der Waals surface area contributed by atoms with Crippen LogP contribution in [-0.4, -0.2) is 21.5 Å². The van der Waals surface area contributed by atoms with Gasteiger partial charge < -0.3 is 5.32 Å². The molecule has 0 radical (unpaired) electrons. The first-order valence-corrected chi connectivity index (χ1v) is 7.15. The molecule has 2 aromatic heterocycles. The summed E-state index contributed by atoms with van der Waals surface area (Å²) in [6, 6.07) is 8.04. The molecule has 4 nitrogen and oxygen atoms in total. The molecular formula is C16H15ClN4. The molecule has 0 atom stereocenters. The Kier molecular flexibility index (Phi) is 3.97. The standard InChI is InChI=1S/C16H15ClN4/c1-11-2-3-12-9-18-6-4-14(12)13(11)5-7-19-16-8-15(17)20-10-21-16/h2-4,6,8-10H,5,7H2,1H3,(H,19,20,21). The van der Waals surface area contributed by atoms with Crippen molar-refractivity contribution in [2.75, 3.05) is 11.9 Å². The second-order valence-electron chi connectivity index (χ2n) is 4.86. The van der Waals surface area contributed by atoms with Gasteiger partial charge in [0, 0.05) is 30.4 Å². The van der Waals surface area contributed by atoms with Gasteiger partial charge in [0.2, 0.25) is 0 Å². The highest BCUT2D eigenvalue weighted by Gasteiger charge is 2.05. The molecule has 1 N–H and O–H groups in total. The van der Waals surface area contributed by atoms with Crippen LogP contribution < -0.4 is 5.32 Å². The number of hydrogen-bond donors (Lipinski definition) is 1. The van der Waals surface area contributed by atoms with Crippen LogP contribution in [0.25, 0.3) is 10.8 Å². The zero-order chi connectivity index (χ0) is 14.7. The topological polar surface area (TPSA) is 50.7 Å². The largest absolute Gasteiger partial charge is 0.370 e. The van der Waals surface area contributed by atoms with Gasteiger partial charge in [0.1, 0.15) is 17.3 Å². The molecule has 2 heterocycles. The van der Waals surface area contributed by atoms with Crippen molar-refractivity contribution < 1.29 is 0 Å². The van der Waals surface area contributed by atoms with E-state index in [2.05, 4.69) is 45.4 Å². The first-order chi connectivity index (χ1) is 10.2. The summed E-state index contributed by atoms with van der Waals surface area (Å²) < 4.78 is 0. The van der Waals surface area contributed by atoms with Crippen LogP contribution in [0.15, 0.2) is 43.0 Å². The highest BCUT2D eigenvalue weighted by atomic mass is 35.5. The van der Waals surface area contributed by atoms with E-state index in [1.807, 2.05) is 12.4 Å². The van der Waals surface area contributed by atoms with Crippen LogP contribution in [0.3, 0.4) is 0 Å². The van der Waals surface area contributed by atoms with Gasteiger partial charge in [-0.25, -0.2) is 9.97 Å². The lowest BCUT2D eigenvalue weighted by Crippen LogP contribution is -2.07. The SMILES string of the molecule is Cc1ccc2cnccc2c1CCNc1cc(Cl)ncn1. The number of halogens is 1. The smallest absolute Gasteiger partial charge is 0.134 e. The number of aryl methyl sites for hydroxylation is 1. The van der Waals surface area contributed by atoms with E-state index in [-0.39, 0.29) is 0 Å². The van der Waals surface area contributed by atoms with E-state index in [0.29, 0.717) is 5.15 Å². The molecule has 0 saturated carbocycles. The van der Waals surface area contributed by atoms with E-state index >= 15 is 0 Å². The van der Waals surface area contributed by atoms with Crippen molar-refractivity contribution in [3.05, 3.63) is 59.3 Å². The zero-order valence-electron chi connectivity index (χ0n) is 11.7. The van der Waals surface area contributed by atoms with Crippen LogP contribution >= 0.6 is 11.6 Å². The molecule has 21 heavy (non-hydrogen) atoms. The number of nitrogens with zero attached hydrogens (tertiary/aromatic N) is 3. The molecule has 3 rings (SSSR count). The van der Waals surface area contributed by atoms with Crippen LogP contribution in [0.5, 0.6) is 0 Å². The highest BCUT2D eigenvalue weighted by molar-refractivity contribution is 6.29. The number of anilines is 1. The summed E-state index contributed by atoms with van der Waals surface area (Å²) in [6.45, 7) is 2.92. The first-order valence-electron chi connectivity index (χ1n) is 6.77. The summed E-state index contributed by atoms with van der Waals surface area (Å²) in [7, 11) is 0. The fourth-order valence-electron chi connectivity index (χ4n) is 2.42. The van der Waals surface area contributed by atoms with E-state index in [1.54, 1.807) is 6.07 Å². The van der Waals surface area contributed by atoms with E-state index in [1.165, 1.54) is 28.2 Å². The molecule has 0 saturated heterocycles. The summed E-state index contributed by atoms with van der Waals surface area (Å²) >= 11 is 5.85. The Balaban J connectivity index is 1.77. The predicted octanol–water partition coefficient (Wildman–Crippen LogP) is 3.64. The molecule has 0 fully saturated rings. The lowest BCUT2D eigenvalue weighted by atomic mass is 9.99. The van der Waals surface area contributed by atoms with E-state index < -0.39 is 0 Å². The van der Waals surface area contributed by atoms with Crippen LogP contribution in [0.2, 0.25) is 5.15 Å². The van der Waals surface area contributed by atoms with Crippen LogP contribution in [0.1, 0.15) is 11.1 Å². The summed E-state index contributed by atoms with van der Waals surface area (Å²) in [5, 5.41) is 6.15. The molecule has 5 heteroatoms. The maximum absolute atomic E-state index is 5.85. The van der Waals surface area contributed by atoms with Gasteiger partial charge in [-0.05, 0) is 35.9 Å². The number of benzene rings is 1. The second-order valence-corrected chi connectivity index (χ2v) is 5.25. The Morgan fingerprint density at radius 2 is 2.10 bits per heavy atom. The molecule has 0 bridgehead atoms. The van der Waals surface area contributed by atoms with Gasteiger partial charge in [0.15, 0.2) is 0 Å². The Morgan fingerprint density at radius 1 is 1.19 bits per heavy atom. The van der Waals surface area contributed by atoms with Crippen molar-refractivity contribution in [1.82, 2.24) is 15.0 Å². The Hall–Kier alpha value is -2.20. The molecule has 106 valence electrons. The van der Waals surface area contributed by atoms with Crippen molar-refractivity contribution in [2.45, 2.75) is 13.3 Å². The van der Waals surface area contributed by atoms with Crippen molar-refractivity contribution in [3.8, 4) is 0 Å². The number of pyridine rings is 1. The molecular weight excluding hydrogens is 284 g/mol. The molecule has 0 aliphatic carbocycles. The third kappa shape index (κ3) is 3.11. The van der Waals surface area contributed by atoms with Gasteiger partial charge in [-0.15, -0.1) is 0 Å². The van der Waals surface area contributed by atoms with Crippen LogP contribution in [-0.2, 0) is 6.42 Å². The molecule has 0 amide bonds. The summed E-state index contributed by atoms with van der Waals surface area (Å²) in [5.74, 6) is 0.745. The fourth-order valence-corrected chi connectivity index (χ4v) is 2.57. The third-order valence-corrected chi connectivity index (χ3v) is 3.69. The van der Waals surface area contributed by atoms with Crippen molar-refractivity contribution in [1.29, 1.82) is 0 Å². The maximum Gasteiger partial charge on any atom is 0.134 e. The van der Waals surface area contributed by atoms with Crippen molar-refractivity contribution in [3.63, 3.8) is 0 Å². The van der Waals surface area contributed by atoms with Gasteiger partial charge in [-0.3, -0.25) is 4.98 Å². The van der Waals surface area contributed by atoms with Gasteiger partial charge >= 0.3 is 0 Å². The minimum absolute atomic E-state index is 0.444. The monoisotopic (exact) mass is 298 g/mol. The number of rotatable bonds is 4. The molecule has 3 aromatic rings. The summed E-state index contributed by atoms with van der Waals surface area (Å²) in [4.78, 5) is 12.2. The minimum atomic E-state index is 0.444. The first kappa shape index (κ1) is 13.8. The quantitative estimate of drug-likeness (QED) is 0.747. The minimum Gasteiger partial charge on any atom is -0.370 e. The number of hydrogen-bond acceptors (Lipinski definition) is 4. The van der Waals surface area contributed by atoms with Crippen LogP contribution in [0.4, 0.5) is 5.82 Å². The normalized spacial score (nSPS) is 10.8. The predicted molar refractivity (Wildman–Crippen MR) is 85.7 cm³/mol. The summed E-state index contributed by atoms with van der Waals surface area (Å²) in [6.07, 6.45) is 6.10. The molecule has 0 unspecified atom stereocenters. The third-order valence-electron chi connectivity index (χ3n) is 3.48. The van der Waals surface area contributed by atoms with E-state index in [9.17, 15) is 0 Å². The zero-order valence-corrected chi connectivity index (χ0v) is 12.4. The second kappa shape index (κ2) is 6.06. The van der Waals surface area contributed by atoms with Crippen molar-refractivity contribution in [2.24, 2.45) is 0 Å². The maximum atomic E-state index is 5.85. The van der Waals surface area contributed by atoms with Crippen LogP contribution in [0, 0.1) is 6.92 Å². The molecule has 0 aliphatic rings. The number of aromatic nitrogens is 3. The molecule has 0 spiro atoms. The van der Waals surface area contributed by atoms with Crippen molar-refractivity contribution >= 4 is 28.2 Å². The Labute approximate surface area is 128 Å². The highest BCUT2D eigenvalue weighted by Crippen LogP contribution is 2.22. The average Bonchev–Trinajstić information content (AvgIpc) is 2.50. The Bertz CT molecular complexity index is 773. The number of nitrogens with one attached hydrogen (secondary N) is 1. The van der Waals surface area contributed by atoms with Gasteiger partial charge in [-0.2, -0.15) is 0 Å². The molecule has 1 aromatic carbocycles. The van der Waals surface area contributed by atoms with Gasteiger partial charge in [0.25, 0.3) is 0 Å². The van der Waals surface area contributed by atoms with Gasteiger partial charge in [-0.1, -0.05) is 23.7 Å². The Morgan fingerprint density at radius 3 is 2.95 bits per heavy atom. The lowest BCUT2D eigenvalue weighted by Gasteiger charge is -2.11. The lowest BCUT2D eigenvalue weighted by molar-refractivity contribution is 0.997. The van der Waals surface area contributed by atoms with Gasteiger partial charge in [0.05, 0.1) is 0 Å². The summed E-state index contributed by atoms with van der Waals surface area (Å²) in [5.41, 5.74) is 2.62. The fraction of sp³-hybridized carbons (Fsp3) is 0.188. The van der Waals surface area contributed by atoms with E-state index in [4.69, 9.17) is 11.6 Å². The molecule has 0 aliphatic heterocycles. The number of fused-ring (bicyclic) bond motifs is 1. The average molecular weight is 299 g/mol. The van der Waals surface area contributed by atoms with E-state index in [0.717, 1.165) is 18.8 Å².